The van der Waals surface area contributed by atoms with E-state index in [1.54, 1.807) is 31.0 Å². The number of hydrogen-bond donors (Lipinski definition) is 1. The molecule has 0 saturated heterocycles. The lowest BCUT2D eigenvalue weighted by molar-refractivity contribution is 0.0988. The third-order valence-corrected chi connectivity index (χ3v) is 3.97. The van der Waals surface area contributed by atoms with Gasteiger partial charge in [0.25, 0.3) is 5.91 Å². The van der Waals surface area contributed by atoms with Crippen molar-refractivity contribution in [3.63, 3.8) is 0 Å². The summed E-state index contributed by atoms with van der Waals surface area (Å²) in [5.41, 5.74) is 1.83. The first-order chi connectivity index (χ1) is 12.0. The second kappa shape index (κ2) is 7.32. The van der Waals surface area contributed by atoms with E-state index in [0.29, 0.717) is 22.4 Å². The monoisotopic (exact) mass is 352 g/mol. The van der Waals surface area contributed by atoms with E-state index in [9.17, 15) is 4.79 Å². The molecular formula is C19H17ClN4O. The third-order valence-electron chi connectivity index (χ3n) is 3.64. The van der Waals surface area contributed by atoms with E-state index >= 15 is 0 Å². The minimum atomic E-state index is -0.209. The SMILES string of the molecule is Cc1nc(Nc2ccccc2Cl)cc(C(=O)N(C)c2ccccc2)n1. The van der Waals surface area contributed by atoms with E-state index in [2.05, 4.69) is 15.3 Å². The average Bonchev–Trinajstić information content (AvgIpc) is 2.62. The summed E-state index contributed by atoms with van der Waals surface area (Å²) in [5.74, 6) is 0.811. The fourth-order valence-electron chi connectivity index (χ4n) is 2.38. The highest BCUT2D eigenvalue weighted by Crippen LogP contribution is 2.24. The molecule has 1 aromatic heterocycles. The third kappa shape index (κ3) is 3.95. The van der Waals surface area contributed by atoms with Crippen molar-refractivity contribution in [2.75, 3.05) is 17.3 Å². The molecule has 0 atom stereocenters. The molecule has 0 radical (unpaired) electrons. The molecular weight excluding hydrogens is 336 g/mol. The standard InChI is InChI=1S/C19H17ClN4O/c1-13-21-17(19(25)24(2)14-8-4-3-5-9-14)12-18(22-13)23-16-11-7-6-10-15(16)20/h3-12H,1-2H3,(H,21,22,23). The Morgan fingerprint density at radius 1 is 1.04 bits per heavy atom. The van der Waals surface area contributed by atoms with Crippen LogP contribution in [0.3, 0.4) is 0 Å². The van der Waals surface area contributed by atoms with Gasteiger partial charge in [0.05, 0.1) is 10.7 Å². The molecule has 1 heterocycles. The number of anilines is 3. The number of aromatic nitrogens is 2. The fourth-order valence-corrected chi connectivity index (χ4v) is 2.57. The zero-order valence-corrected chi connectivity index (χ0v) is 14.7. The number of carbonyl (C=O) groups excluding carboxylic acids is 1. The number of rotatable bonds is 4. The summed E-state index contributed by atoms with van der Waals surface area (Å²) in [6.45, 7) is 1.75. The summed E-state index contributed by atoms with van der Waals surface area (Å²) in [7, 11) is 1.72. The number of amides is 1. The highest BCUT2D eigenvalue weighted by Gasteiger charge is 2.17. The van der Waals surface area contributed by atoms with Crippen molar-refractivity contribution in [3.8, 4) is 0 Å². The molecule has 3 rings (SSSR count). The van der Waals surface area contributed by atoms with E-state index in [0.717, 1.165) is 11.4 Å². The number of hydrogen-bond acceptors (Lipinski definition) is 4. The maximum atomic E-state index is 12.8. The average molecular weight is 353 g/mol. The van der Waals surface area contributed by atoms with E-state index in [1.165, 1.54) is 0 Å². The number of aryl methyl sites for hydroxylation is 1. The van der Waals surface area contributed by atoms with Gasteiger partial charge in [0.15, 0.2) is 0 Å². The van der Waals surface area contributed by atoms with Crippen molar-refractivity contribution in [2.24, 2.45) is 0 Å². The van der Waals surface area contributed by atoms with Gasteiger partial charge in [-0.1, -0.05) is 41.9 Å². The molecule has 0 aliphatic heterocycles. The van der Waals surface area contributed by atoms with E-state index < -0.39 is 0 Å². The molecule has 1 N–H and O–H groups in total. The molecule has 0 aliphatic rings. The Morgan fingerprint density at radius 2 is 1.72 bits per heavy atom. The Bertz CT molecular complexity index is 899. The van der Waals surface area contributed by atoms with Crippen LogP contribution in [0.4, 0.5) is 17.2 Å². The van der Waals surface area contributed by atoms with Crippen LogP contribution in [0.5, 0.6) is 0 Å². The topological polar surface area (TPSA) is 58.1 Å². The van der Waals surface area contributed by atoms with Crippen LogP contribution in [0.2, 0.25) is 5.02 Å². The summed E-state index contributed by atoms with van der Waals surface area (Å²) in [5, 5.41) is 3.71. The van der Waals surface area contributed by atoms with Gasteiger partial charge in [0.1, 0.15) is 17.3 Å². The molecule has 1 amide bonds. The quantitative estimate of drug-likeness (QED) is 0.753. The van der Waals surface area contributed by atoms with Crippen molar-refractivity contribution < 1.29 is 4.79 Å². The second-order valence-corrected chi connectivity index (χ2v) is 5.90. The number of nitrogens with zero attached hydrogens (tertiary/aromatic N) is 3. The Kier molecular flexibility index (Phi) is 4.95. The molecule has 126 valence electrons. The van der Waals surface area contributed by atoms with Gasteiger partial charge in [0, 0.05) is 18.8 Å². The maximum absolute atomic E-state index is 12.8. The summed E-state index contributed by atoms with van der Waals surface area (Å²) in [6.07, 6.45) is 0. The molecule has 0 unspecified atom stereocenters. The van der Waals surface area contributed by atoms with Crippen molar-refractivity contribution in [3.05, 3.63) is 77.2 Å². The number of nitrogens with one attached hydrogen (secondary N) is 1. The molecule has 0 spiro atoms. The number of benzene rings is 2. The first-order valence-corrected chi connectivity index (χ1v) is 8.13. The lowest BCUT2D eigenvalue weighted by Crippen LogP contribution is -2.27. The van der Waals surface area contributed by atoms with Crippen LogP contribution >= 0.6 is 11.6 Å². The second-order valence-electron chi connectivity index (χ2n) is 5.49. The minimum Gasteiger partial charge on any atom is -0.339 e. The first kappa shape index (κ1) is 16.9. The van der Waals surface area contributed by atoms with Crippen LogP contribution in [0.1, 0.15) is 16.3 Å². The van der Waals surface area contributed by atoms with E-state index in [1.807, 2.05) is 48.5 Å². The molecule has 6 heteroatoms. The highest BCUT2D eigenvalue weighted by atomic mass is 35.5. The Balaban J connectivity index is 1.89. The van der Waals surface area contributed by atoms with Crippen LogP contribution in [0.15, 0.2) is 60.7 Å². The van der Waals surface area contributed by atoms with E-state index in [-0.39, 0.29) is 5.91 Å². The van der Waals surface area contributed by atoms with E-state index in [4.69, 9.17) is 11.6 Å². The Labute approximate surface area is 151 Å². The fraction of sp³-hybridized carbons (Fsp3) is 0.105. The molecule has 0 fully saturated rings. The van der Waals surface area contributed by atoms with Gasteiger partial charge in [-0.3, -0.25) is 4.79 Å². The van der Waals surface area contributed by atoms with Crippen LogP contribution in [0.25, 0.3) is 0 Å². The van der Waals surface area contributed by atoms with Crippen LogP contribution < -0.4 is 10.2 Å². The summed E-state index contributed by atoms with van der Waals surface area (Å²) in [4.78, 5) is 22.9. The molecule has 0 bridgehead atoms. The van der Waals surface area contributed by atoms with Gasteiger partial charge in [-0.2, -0.15) is 0 Å². The van der Waals surface area contributed by atoms with Crippen molar-refractivity contribution >= 4 is 34.7 Å². The smallest absolute Gasteiger partial charge is 0.276 e. The first-order valence-electron chi connectivity index (χ1n) is 7.75. The van der Waals surface area contributed by atoms with Gasteiger partial charge >= 0.3 is 0 Å². The van der Waals surface area contributed by atoms with Crippen LogP contribution in [0, 0.1) is 6.92 Å². The van der Waals surface area contributed by atoms with Crippen molar-refractivity contribution in [2.45, 2.75) is 6.92 Å². The molecule has 3 aromatic rings. The summed E-state index contributed by atoms with van der Waals surface area (Å²) >= 11 is 6.17. The lowest BCUT2D eigenvalue weighted by atomic mass is 10.2. The minimum absolute atomic E-state index is 0.209. The molecule has 5 nitrogen and oxygen atoms in total. The zero-order chi connectivity index (χ0) is 17.8. The molecule has 25 heavy (non-hydrogen) atoms. The zero-order valence-electron chi connectivity index (χ0n) is 13.9. The maximum Gasteiger partial charge on any atom is 0.276 e. The normalized spacial score (nSPS) is 10.4. The Hall–Kier alpha value is -2.92. The molecule has 2 aromatic carbocycles. The van der Waals surface area contributed by atoms with Crippen molar-refractivity contribution in [1.82, 2.24) is 9.97 Å². The number of halogens is 1. The molecule has 0 saturated carbocycles. The predicted octanol–water partition coefficient (Wildman–Crippen LogP) is 4.46. The summed E-state index contributed by atoms with van der Waals surface area (Å²) < 4.78 is 0. The highest BCUT2D eigenvalue weighted by molar-refractivity contribution is 6.33. The molecule has 0 aliphatic carbocycles. The van der Waals surface area contributed by atoms with Gasteiger partial charge in [0.2, 0.25) is 0 Å². The predicted molar refractivity (Wildman–Crippen MR) is 101 cm³/mol. The van der Waals surface area contributed by atoms with Gasteiger partial charge in [-0.15, -0.1) is 0 Å². The lowest BCUT2D eigenvalue weighted by Gasteiger charge is -2.17. The number of carbonyl (C=O) groups is 1. The van der Waals surface area contributed by atoms with Crippen LogP contribution in [-0.2, 0) is 0 Å². The van der Waals surface area contributed by atoms with Gasteiger partial charge < -0.3 is 10.2 Å². The van der Waals surface area contributed by atoms with Gasteiger partial charge in [-0.25, -0.2) is 9.97 Å². The number of para-hydroxylation sites is 2. The van der Waals surface area contributed by atoms with Gasteiger partial charge in [-0.05, 0) is 31.2 Å². The summed E-state index contributed by atoms with van der Waals surface area (Å²) in [6, 6.07) is 18.4. The van der Waals surface area contributed by atoms with Crippen LogP contribution in [-0.4, -0.2) is 22.9 Å². The largest absolute Gasteiger partial charge is 0.339 e. The van der Waals surface area contributed by atoms with Crippen molar-refractivity contribution in [1.29, 1.82) is 0 Å². The Morgan fingerprint density at radius 3 is 2.44 bits per heavy atom.